The minimum atomic E-state index is 0.640. The number of hydrogen-bond acceptors (Lipinski definition) is 3. The van der Waals surface area contributed by atoms with Crippen LogP contribution in [0.25, 0.3) is 0 Å². The van der Waals surface area contributed by atoms with Crippen molar-refractivity contribution >= 4 is 0 Å². The summed E-state index contributed by atoms with van der Waals surface area (Å²) in [6, 6.07) is 14.9. The van der Waals surface area contributed by atoms with Gasteiger partial charge >= 0.3 is 0 Å². The number of ether oxygens (including phenoxy) is 2. The van der Waals surface area contributed by atoms with Crippen LogP contribution >= 0.6 is 0 Å². The molecule has 21 heavy (non-hydrogen) atoms. The van der Waals surface area contributed by atoms with E-state index in [1.54, 1.807) is 0 Å². The third-order valence-corrected chi connectivity index (χ3v) is 4.14. The van der Waals surface area contributed by atoms with Gasteiger partial charge in [0.15, 0.2) is 0 Å². The normalized spacial score (nSPS) is 17.3. The molecule has 0 aliphatic carbocycles. The van der Waals surface area contributed by atoms with Gasteiger partial charge in [0, 0.05) is 24.7 Å². The van der Waals surface area contributed by atoms with Crippen molar-refractivity contribution in [1.29, 1.82) is 0 Å². The van der Waals surface area contributed by atoms with Crippen molar-refractivity contribution in [3.8, 4) is 11.5 Å². The molecule has 0 radical (unpaired) electrons. The Balaban J connectivity index is 1.54. The van der Waals surface area contributed by atoms with Gasteiger partial charge in [-0.3, -0.25) is 4.90 Å². The third-order valence-electron chi connectivity index (χ3n) is 4.14. The van der Waals surface area contributed by atoms with Crippen LogP contribution in [-0.2, 0) is 19.5 Å². The van der Waals surface area contributed by atoms with Crippen LogP contribution in [0.1, 0.15) is 23.1 Å². The number of fused-ring (bicyclic) bond motifs is 2. The van der Waals surface area contributed by atoms with Crippen LogP contribution in [0.15, 0.2) is 42.5 Å². The highest BCUT2D eigenvalue weighted by atomic mass is 16.5. The van der Waals surface area contributed by atoms with E-state index in [-0.39, 0.29) is 0 Å². The molecule has 0 amide bonds. The smallest absolute Gasteiger partial charge is 0.142 e. The standard InChI is InChI=1S/C18H19NO2/c1-2-5-14(6-3-1)11-19-12-16-9-15-7-4-8-20-17(15)10-18(16)21-13-19/h1-3,5-6,9-10H,4,7-8,11-13H2. The van der Waals surface area contributed by atoms with Crippen molar-refractivity contribution in [3.05, 3.63) is 59.2 Å². The Kier molecular flexibility index (Phi) is 3.28. The maximum Gasteiger partial charge on any atom is 0.142 e. The number of rotatable bonds is 2. The molecule has 3 heteroatoms. The third kappa shape index (κ3) is 2.61. The molecule has 0 unspecified atom stereocenters. The predicted octanol–water partition coefficient (Wildman–Crippen LogP) is 3.36. The zero-order valence-corrected chi connectivity index (χ0v) is 12.0. The maximum atomic E-state index is 5.92. The molecule has 2 aromatic rings. The Hall–Kier alpha value is -2.00. The van der Waals surface area contributed by atoms with E-state index in [0.29, 0.717) is 6.73 Å². The minimum Gasteiger partial charge on any atom is -0.493 e. The fraction of sp³-hybridized carbons (Fsp3) is 0.333. The van der Waals surface area contributed by atoms with Crippen LogP contribution in [0.4, 0.5) is 0 Å². The van der Waals surface area contributed by atoms with Crippen LogP contribution in [0.5, 0.6) is 11.5 Å². The molecule has 0 N–H and O–H groups in total. The number of aryl methyl sites for hydroxylation is 1. The molecule has 2 aliphatic rings. The topological polar surface area (TPSA) is 21.7 Å². The van der Waals surface area contributed by atoms with Crippen LogP contribution < -0.4 is 9.47 Å². The summed E-state index contributed by atoms with van der Waals surface area (Å²) in [6.07, 6.45) is 2.22. The molecule has 0 atom stereocenters. The molecule has 3 nitrogen and oxygen atoms in total. The lowest BCUT2D eigenvalue weighted by molar-refractivity contribution is 0.0880. The molecule has 108 valence electrons. The molecule has 0 aromatic heterocycles. The first kappa shape index (κ1) is 12.7. The van der Waals surface area contributed by atoms with E-state index in [2.05, 4.69) is 47.4 Å². The summed E-state index contributed by atoms with van der Waals surface area (Å²) in [5.74, 6) is 2.00. The fourth-order valence-electron chi connectivity index (χ4n) is 3.08. The first-order valence-corrected chi connectivity index (χ1v) is 7.56. The Morgan fingerprint density at radius 2 is 1.81 bits per heavy atom. The summed E-state index contributed by atoms with van der Waals surface area (Å²) in [4.78, 5) is 2.33. The molecule has 0 fully saturated rings. The molecule has 2 aliphatic heterocycles. The van der Waals surface area contributed by atoms with E-state index in [1.165, 1.54) is 16.7 Å². The highest BCUT2D eigenvalue weighted by Crippen LogP contribution is 2.35. The van der Waals surface area contributed by atoms with E-state index in [1.807, 2.05) is 0 Å². The van der Waals surface area contributed by atoms with E-state index in [4.69, 9.17) is 9.47 Å². The van der Waals surface area contributed by atoms with E-state index < -0.39 is 0 Å². The zero-order valence-electron chi connectivity index (χ0n) is 12.0. The van der Waals surface area contributed by atoms with E-state index in [0.717, 1.165) is 44.0 Å². The monoisotopic (exact) mass is 281 g/mol. The first-order valence-electron chi connectivity index (χ1n) is 7.56. The molecule has 0 spiro atoms. The molecule has 2 heterocycles. The summed E-state index contributed by atoms with van der Waals surface area (Å²) in [6.45, 7) is 3.33. The second-order valence-corrected chi connectivity index (χ2v) is 5.77. The molecular weight excluding hydrogens is 262 g/mol. The Labute approximate surface area is 125 Å². The van der Waals surface area contributed by atoms with Crippen LogP contribution in [0.3, 0.4) is 0 Å². The summed E-state index contributed by atoms with van der Waals surface area (Å²) in [7, 11) is 0. The quantitative estimate of drug-likeness (QED) is 0.842. The largest absolute Gasteiger partial charge is 0.493 e. The van der Waals surface area contributed by atoms with Gasteiger partial charge in [-0.1, -0.05) is 30.3 Å². The molecule has 4 rings (SSSR count). The summed E-state index contributed by atoms with van der Waals surface area (Å²) in [5.41, 5.74) is 3.93. The number of benzene rings is 2. The van der Waals surface area contributed by atoms with E-state index in [9.17, 15) is 0 Å². The van der Waals surface area contributed by atoms with Gasteiger partial charge in [0.25, 0.3) is 0 Å². The summed E-state index contributed by atoms with van der Waals surface area (Å²) >= 11 is 0. The molecule has 0 saturated carbocycles. The van der Waals surface area contributed by atoms with Gasteiger partial charge in [-0.05, 0) is 30.0 Å². The van der Waals surface area contributed by atoms with Crippen molar-refractivity contribution in [2.75, 3.05) is 13.3 Å². The predicted molar refractivity (Wildman–Crippen MR) is 81.4 cm³/mol. The van der Waals surface area contributed by atoms with Gasteiger partial charge in [-0.2, -0.15) is 0 Å². The van der Waals surface area contributed by atoms with Crippen LogP contribution in [0, 0.1) is 0 Å². The van der Waals surface area contributed by atoms with Crippen molar-refractivity contribution in [1.82, 2.24) is 4.90 Å². The fourth-order valence-corrected chi connectivity index (χ4v) is 3.08. The number of nitrogens with zero attached hydrogens (tertiary/aromatic N) is 1. The molecule has 2 aromatic carbocycles. The molecule has 0 saturated heterocycles. The van der Waals surface area contributed by atoms with Gasteiger partial charge in [0.05, 0.1) is 6.61 Å². The van der Waals surface area contributed by atoms with Gasteiger partial charge in [0.2, 0.25) is 0 Å². The lowest BCUT2D eigenvalue weighted by Gasteiger charge is -2.30. The second-order valence-electron chi connectivity index (χ2n) is 5.77. The minimum absolute atomic E-state index is 0.640. The Morgan fingerprint density at radius 3 is 2.71 bits per heavy atom. The second kappa shape index (κ2) is 5.41. The summed E-state index contributed by atoms with van der Waals surface area (Å²) < 4.78 is 11.6. The Bertz CT molecular complexity index is 639. The van der Waals surface area contributed by atoms with Gasteiger partial charge in [-0.15, -0.1) is 0 Å². The van der Waals surface area contributed by atoms with Gasteiger partial charge in [0.1, 0.15) is 18.2 Å². The lowest BCUT2D eigenvalue weighted by Crippen LogP contribution is -2.31. The van der Waals surface area contributed by atoms with Crippen molar-refractivity contribution in [3.63, 3.8) is 0 Å². The van der Waals surface area contributed by atoms with Crippen molar-refractivity contribution in [2.45, 2.75) is 25.9 Å². The van der Waals surface area contributed by atoms with Gasteiger partial charge in [-0.25, -0.2) is 0 Å². The molecule has 0 bridgehead atoms. The van der Waals surface area contributed by atoms with Gasteiger partial charge < -0.3 is 9.47 Å². The average molecular weight is 281 g/mol. The first-order chi connectivity index (χ1) is 10.4. The average Bonchev–Trinajstić information content (AvgIpc) is 2.54. The molecular formula is C18H19NO2. The zero-order chi connectivity index (χ0) is 14.1. The summed E-state index contributed by atoms with van der Waals surface area (Å²) in [5, 5.41) is 0. The lowest BCUT2D eigenvalue weighted by atomic mass is 10.0. The van der Waals surface area contributed by atoms with Crippen LogP contribution in [-0.4, -0.2) is 18.2 Å². The maximum absolute atomic E-state index is 5.92. The Morgan fingerprint density at radius 1 is 0.952 bits per heavy atom. The highest BCUT2D eigenvalue weighted by Gasteiger charge is 2.21. The van der Waals surface area contributed by atoms with Crippen LogP contribution in [0.2, 0.25) is 0 Å². The highest BCUT2D eigenvalue weighted by molar-refractivity contribution is 5.48. The number of hydrogen-bond donors (Lipinski definition) is 0. The van der Waals surface area contributed by atoms with Crippen molar-refractivity contribution < 1.29 is 9.47 Å². The SMILES string of the molecule is c1ccc(CN2COc3cc4c(cc3C2)CCCO4)cc1. The van der Waals surface area contributed by atoms with Crippen molar-refractivity contribution in [2.24, 2.45) is 0 Å². The van der Waals surface area contributed by atoms with E-state index >= 15 is 0 Å².